The summed E-state index contributed by atoms with van der Waals surface area (Å²) >= 11 is 3.42. The van der Waals surface area contributed by atoms with Crippen LogP contribution < -0.4 is 10.1 Å². The Morgan fingerprint density at radius 1 is 1.19 bits per heavy atom. The van der Waals surface area contributed by atoms with Gasteiger partial charge in [0.25, 0.3) is 0 Å². The average Bonchev–Trinajstić information content (AvgIpc) is 2.68. The van der Waals surface area contributed by atoms with Gasteiger partial charge in [0.05, 0.1) is 26.3 Å². The van der Waals surface area contributed by atoms with E-state index in [0.29, 0.717) is 5.75 Å². The van der Waals surface area contributed by atoms with E-state index in [1.54, 1.807) is 12.1 Å². The van der Waals surface area contributed by atoms with Gasteiger partial charge in [0.1, 0.15) is 11.5 Å². The van der Waals surface area contributed by atoms with Gasteiger partial charge in [-0.1, -0.05) is 34.1 Å². The largest absolute Gasteiger partial charge is 0.763 e. The van der Waals surface area contributed by atoms with Crippen LogP contribution in [0.1, 0.15) is 17.0 Å². The molecular weight excluding hydrogens is 410 g/mol. The van der Waals surface area contributed by atoms with E-state index in [9.17, 15) is 10.5 Å². The fourth-order valence-corrected chi connectivity index (χ4v) is 3.45. The molecule has 4 rings (SSSR count). The Labute approximate surface area is 166 Å². The van der Waals surface area contributed by atoms with Crippen LogP contribution in [0.3, 0.4) is 0 Å². The summed E-state index contributed by atoms with van der Waals surface area (Å²) in [6.45, 7) is 4.19. The highest BCUT2D eigenvalue weighted by Gasteiger charge is 2.31. The predicted molar refractivity (Wildman–Crippen MR) is 107 cm³/mol. The molecule has 0 saturated carbocycles. The molecule has 0 bridgehead atoms. The number of ether oxygens (including phenoxy) is 2. The third-order valence-electron chi connectivity index (χ3n) is 4.29. The zero-order valence-corrected chi connectivity index (χ0v) is 16.2. The highest BCUT2D eigenvalue weighted by atomic mass is 79.9. The first kappa shape index (κ1) is 19.3. The van der Waals surface area contributed by atoms with Crippen molar-refractivity contribution in [3.63, 3.8) is 0 Å². The number of benzene rings is 2. The van der Waals surface area contributed by atoms with Gasteiger partial charge in [0.2, 0.25) is 5.90 Å². The number of rotatable bonds is 1. The highest BCUT2D eigenvalue weighted by molar-refractivity contribution is 9.10. The van der Waals surface area contributed by atoms with Gasteiger partial charge in [-0.25, -0.2) is 0 Å². The summed E-state index contributed by atoms with van der Waals surface area (Å²) in [5, 5.41) is 29.1. The number of nitrogens with zero attached hydrogens (tertiary/aromatic N) is 1. The molecule has 1 fully saturated rings. The topological polar surface area (TPSA) is 101 Å². The Bertz CT molecular complexity index is 878. The zero-order valence-electron chi connectivity index (χ0n) is 14.6. The Hall–Kier alpha value is -2.44. The Kier molecular flexibility index (Phi) is 6.42. The van der Waals surface area contributed by atoms with Crippen molar-refractivity contribution in [2.45, 2.75) is 5.92 Å². The number of phenolic OH excluding ortho intramolecular Hbond substituents is 1. The number of hydrogen-bond donors (Lipinski definition) is 3. The molecule has 2 aliphatic rings. The van der Waals surface area contributed by atoms with E-state index in [1.165, 1.54) is 6.07 Å². The molecule has 2 aromatic rings. The van der Waals surface area contributed by atoms with Gasteiger partial charge < -0.3 is 25.3 Å². The van der Waals surface area contributed by atoms with Gasteiger partial charge >= 0.3 is 0 Å². The number of nitrogens with one attached hydrogen (secondary N) is 1. The van der Waals surface area contributed by atoms with Crippen molar-refractivity contribution in [3.05, 3.63) is 69.0 Å². The van der Waals surface area contributed by atoms with E-state index in [2.05, 4.69) is 27.1 Å². The molecule has 1 saturated heterocycles. The molecule has 140 valence electrons. The van der Waals surface area contributed by atoms with Crippen molar-refractivity contribution in [2.24, 2.45) is 0 Å². The molecule has 27 heavy (non-hydrogen) atoms. The molecule has 4 N–H and O–H groups in total. The van der Waals surface area contributed by atoms with E-state index in [1.807, 2.05) is 24.3 Å². The van der Waals surface area contributed by atoms with E-state index >= 15 is 0 Å². The molecule has 0 amide bonds. The maximum atomic E-state index is 9.57. The lowest BCUT2D eigenvalue weighted by Gasteiger charge is -2.28. The molecule has 2 aliphatic heterocycles. The second-order valence-corrected chi connectivity index (χ2v) is 7.06. The van der Waals surface area contributed by atoms with Gasteiger partial charge in [-0.15, -0.1) is 0 Å². The maximum absolute atomic E-state index is 9.57. The molecule has 6 nitrogen and oxygen atoms in total. The minimum absolute atomic E-state index is 0.0648. The number of hydrogen-bond acceptors (Lipinski definition) is 4. The van der Waals surface area contributed by atoms with E-state index < -0.39 is 0 Å². The quantitative estimate of drug-likeness (QED) is 0.606. The number of nitrogens with two attached hydrogens (primary N) is 1. The minimum Gasteiger partial charge on any atom is -0.763 e. The first-order valence-electron chi connectivity index (χ1n) is 8.61. The highest BCUT2D eigenvalue weighted by Crippen LogP contribution is 2.42. The van der Waals surface area contributed by atoms with Gasteiger partial charge in [-0.3, -0.25) is 11.3 Å². The second-order valence-electron chi connectivity index (χ2n) is 6.15. The summed E-state index contributed by atoms with van der Waals surface area (Å²) in [7, 11) is 0. The molecule has 0 aliphatic carbocycles. The third-order valence-corrected chi connectivity index (χ3v) is 4.78. The smallest absolute Gasteiger partial charge is 0.222 e. The maximum Gasteiger partial charge on any atom is 0.222 e. The van der Waals surface area contributed by atoms with Crippen molar-refractivity contribution in [1.29, 1.82) is 5.41 Å². The summed E-state index contributed by atoms with van der Waals surface area (Å²) in [6, 6.07) is 12.3. The normalized spacial score (nSPS) is 18.5. The van der Waals surface area contributed by atoms with Crippen LogP contribution in [0.5, 0.6) is 11.5 Å². The van der Waals surface area contributed by atoms with Crippen molar-refractivity contribution in [2.75, 3.05) is 26.3 Å². The standard InChI is InChI=1S/C16H10BrN2O2.C4H9NO/c17-10-3-1-2-9(6-10)15-12-5-4-11(20)7-14(12)21-16(19)13(15)8-18;1-3-6-4-2-5-1/h1-7,15,19-20H;5H,1-4H2/q-1;/p+1. The van der Waals surface area contributed by atoms with Gasteiger partial charge in [0, 0.05) is 27.6 Å². The number of quaternary nitrogens is 1. The van der Waals surface area contributed by atoms with Crippen LogP contribution >= 0.6 is 15.9 Å². The van der Waals surface area contributed by atoms with E-state index in [-0.39, 0.29) is 23.1 Å². The fraction of sp³-hybridized carbons (Fsp3) is 0.250. The van der Waals surface area contributed by atoms with Crippen LogP contribution in [-0.2, 0) is 4.74 Å². The lowest BCUT2D eigenvalue weighted by Crippen LogP contribution is -2.87. The van der Waals surface area contributed by atoms with E-state index in [4.69, 9.17) is 14.9 Å². The molecule has 1 atom stereocenters. The van der Waals surface area contributed by atoms with Crippen LogP contribution in [-0.4, -0.2) is 43.2 Å². The van der Waals surface area contributed by atoms with Crippen LogP contribution in [0.4, 0.5) is 0 Å². The molecule has 0 radical (unpaired) electrons. The lowest BCUT2D eigenvalue weighted by atomic mass is 9.83. The van der Waals surface area contributed by atoms with Crippen molar-refractivity contribution in [3.8, 4) is 11.5 Å². The average molecular weight is 430 g/mol. The minimum atomic E-state index is -0.371. The van der Waals surface area contributed by atoms with Crippen molar-refractivity contribution >= 4 is 27.7 Å². The van der Waals surface area contributed by atoms with Crippen LogP contribution in [0.25, 0.3) is 5.41 Å². The second kappa shape index (κ2) is 8.97. The Morgan fingerprint density at radius 3 is 2.56 bits per heavy atom. The summed E-state index contributed by atoms with van der Waals surface area (Å²) in [5.41, 5.74) is 1.91. The van der Waals surface area contributed by atoms with E-state index in [0.717, 1.165) is 41.9 Å². The predicted octanol–water partition coefficient (Wildman–Crippen LogP) is 2.40. The molecule has 0 spiro atoms. The third kappa shape index (κ3) is 4.64. The molecule has 2 aromatic carbocycles. The summed E-state index contributed by atoms with van der Waals surface area (Å²) in [4.78, 5) is 0. The molecular formula is C20H20BrN3O3. The molecule has 1 unspecified atom stereocenters. The number of aromatic hydroxyl groups is 1. The number of halogens is 1. The van der Waals surface area contributed by atoms with Crippen LogP contribution in [0.15, 0.2) is 52.5 Å². The van der Waals surface area contributed by atoms with Crippen LogP contribution in [0, 0.1) is 5.41 Å². The Morgan fingerprint density at radius 2 is 1.96 bits per heavy atom. The van der Waals surface area contributed by atoms with Gasteiger partial charge in [-0.2, -0.15) is 0 Å². The Balaban J connectivity index is 0.000000299. The van der Waals surface area contributed by atoms with Crippen LogP contribution in [0.2, 0.25) is 0 Å². The summed E-state index contributed by atoms with van der Waals surface area (Å²) in [6.07, 6.45) is 0. The molecule has 7 heteroatoms. The summed E-state index contributed by atoms with van der Waals surface area (Å²) < 4.78 is 11.3. The first-order chi connectivity index (χ1) is 13.1. The number of morpholine rings is 1. The molecule has 0 aromatic heterocycles. The zero-order chi connectivity index (χ0) is 19.2. The van der Waals surface area contributed by atoms with Crippen molar-refractivity contribution < 1.29 is 19.9 Å². The van der Waals surface area contributed by atoms with Gasteiger partial charge in [-0.05, 0) is 23.8 Å². The SMILES string of the molecule is C1COCC[NH2+]1.[N-]=C=C1C(=N)Oc2cc(O)ccc2C1c1cccc(Br)c1. The number of fused-ring (bicyclic) bond motifs is 1. The van der Waals surface area contributed by atoms with Gasteiger partial charge in [0.15, 0.2) is 0 Å². The monoisotopic (exact) mass is 429 g/mol. The first-order valence-corrected chi connectivity index (χ1v) is 9.41. The fourth-order valence-electron chi connectivity index (χ4n) is 3.03. The molecule has 2 heterocycles. The number of phenols is 1. The summed E-state index contributed by atoms with van der Waals surface area (Å²) in [5.74, 6) is 1.99. The lowest BCUT2D eigenvalue weighted by molar-refractivity contribution is -0.670. The van der Waals surface area contributed by atoms with Crippen molar-refractivity contribution in [1.82, 2.24) is 0 Å².